The van der Waals surface area contributed by atoms with E-state index in [0.717, 1.165) is 27.0 Å². The van der Waals surface area contributed by atoms with Gasteiger partial charge in [-0.1, -0.05) is 82.3 Å². The third-order valence-electron chi connectivity index (χ3n) is 4.82. The summed E-state index contributed by atoms with van der Waals surface area (Å²) in [6, 6.07) is 25.6. The van der Waals surface area contributed by atoms with Crippen LogP contribution in [0.2, 0.25) is 0 Å². The van der Waals surface area contributed by atoms with E-state index < -0.39 is 0 Å². The summed E-state index contributed by atoms with van der Waals surface area (Å²) in [5.41, 5.74) is 3.71. The number of carbonyl (C=O) groups excluding carboxylic acids is 1. The predicted octanol–water partition coefficient (Wildman–Crippen LogP) is 6.12. The number of nitrogens with one attached hydrogen (secondary N) is 1. The van der Waals surface area contributed by atoms with Gasteiger partial charge in [0.05, 0.1) is 5.25 Å². The number of aryl methyl sites for hydroxylation is 1. The molecule has 0 aliphatic heterocycles. The lowest BCUT2D eigenvalue weighted by Crippen LogP contribution is -2.23. The monoisotopic (exact) mass is 492 g/mol. The molecule has 1 aromatic heterocycles. The molecule has 1 N–H and O–H groups in total. The number of halogens is 1. The molecular weight excluding hydrogens is 472 g/mol. The Morgan fingerprint density at radius 3 is 2.39 bits per heavy atom. The Bertz CT molecular complexity index is 1210. The maximum Gasteiger partial charge on any atom is 0.237 e. The number of hydrogen-bond acceptors (Lipinski definition) is 4. The molecule has 0 unspecified atom stereocenters. The number of aromatic nitrogens is 3. The first kappa shape index (κ1) is 21.3. The van der Waals surface area contributed by atoms with Gasteiger partial charge in [0.1, 0.15) is 0 Å². The van der Waals surface area contributed by atoms with Gasteiger partial charge in [0, 0.05) is 21.4 Å². The van der Waals surface area contributed by atoms with Gasteiger partial charge in [0.25, 0.3) is 0 Å². The van der Waals surface area contributed by atoms with Gasteiger partial charge in [-0.25, -0.2) is 0 Å². The smallest absolute Gasteiger partial charge is 0.237 e. The fourth-order valence-corrected chi connectivity index (χ4v) is 4.46. The molecule has 0 aliphatic carbocycles. The molecule has 1 atom stereocenters. The molecule has 0 fully saturated rings. The van der Waals surface area contributed by atoms with Crippen molar-refractivity contribution in [2.75, 3.05) is 5.32 Å². The second-order valence-electron chi connectivity index (χ2n) is 7.02. The first-order chi connectivity index (χ1) is 15.0. The van der Waals surface area contributed by atoms with Crippen molar-refractivity contribution < 1.29 is 4.79 Å². The lowest BCUT2D eigenvalue weighted by molar-refractivity contribution is -0.115. The van der Waals surface area contributed by atoms with E-state index >= 15 is 0 Å². The normalized spacial score (nSPS) is 11.8. The van der Waals surface area contributed by atoms with E-state index in [1.54, 1.807) is 0 Å². The molecule has 156 valence electrons. The Morgan fingerprint density at radius 1 is 0.968 bits per heavy atom. The summed E-state index contributed by atoms with van der Waals surface area (Å²) in [5, 5.41) is 12.2. The molecule has 7 heteroatoms. The van der Waals surface area contributed by atoms with Gasteiger partial charge in [0.15, 0.2) is 11.0 Å². The van der Waals surface area contributed by atoms with Crippen molar-refractivity contribution in [3.05, 3.63) is 88.9 Å². The average molecular weight is 493 g/mol. The molecule has 0 aliphatic rings. The third-order valence-corrected chi connectivity index (χ3v) is 6.55. The summed E-state index contributed by atoms with van der Waals surface area (Å²) in [7, 11) is 0. The highest BCUT2D eigenvalue weighted by molar-refractivity contribution is 9.10. The Morgan fingerprint density at radius 2 is 1.65 bits per heavy atom. The zero-order valence-corrected chi connectivity index (χ0v) is 19.5. The minimum atomic E-state index is -0.363. The summed E-state index contributed by atoms with van der Waals surface area (Å²) < 4.78 is 2.92. The zero-order chi connectivity index (χ0) is 21.8. The van der Waals surface area contributed by atoms with Crippen LogP contribution in [0.3, 0.4) is 0 Å². The second-order valence-corrected chi connectivity index (χ2v) is 9.18. The van der Waals surface area contributed by atoms with Gasteiger partial charge in [-0.2, -0.15) is 0 Å². The van der Waals surface area contributed by atoms with E-state index in [4.69, 9.17) is 0 Å². The topological polar surface area (TPSA) is 59.8 Å². The molecule has 0 bridgehead atoms. The highest BCUT2D eigenvalue weighted by atomic mass is 79.9. The van der Waals surface area contributed by atoms with Crippen molar-refractivity contribution in [1.82, 2.24) is 14.8 Å². The Hall–Kier alpha value is -2.90. The van der Waals surface area contributed by atoms with Gasteiger partial charge >= 0.3 is 0 Å². The minimum absolute atomic E-state index is 0.0793. The molecule has 4 rings (SSSR count). The largest absolute Gasteiger partial charge is 0.325 e. The van der Waals surface area contributed by atoms with E-state index in [1.807, 2.05) is 97.3 Å². The molecule has 0 spiro atoms. The van der Waals surface area contributed by atoms with Gasteiger partial charge < -0.3 is 5.32 Å². The van der Waals surface area contributed by atoms with Crippen LogP contribution in [0, 0.1) is 6.92 Å². The van der Waals surface area contributed by atoms with Crippen molar-refractivity contribution in [3.8, 4) is 17.1 Å². The first-order valence-electron chi connectivity index (χ1n) is 9.83. The van der Waals surface area contributed by atoms with Crippen LogP contribution < -0.4 is 5.32 Å². The van der Waals surface area contributed by atoms with Crippen molar-refractivity contribution in [2.24, 2.45) is 0 Å². The highest BCUT2D eigenvalue weighted by Gasteiger charge is 2.23. The van der Waals surface area contributed by atoms with Gasteiger partial charge in [-0.3, -0.25) is 9.36 Å². The first-order valence-corrected chi connectivity index (χ1v) is 11.5. The number of para-hydroxylation sites is 2. The van der Waals surface area contributed by atoms with E-state index in [1.165, 1.54) is 11.8 Å². The summed E-state index contributed by atoms with van der Waals surface area (Å²) >= 11 is 5.00. The lowest BCUT2D eigenvalue weighted by Gasteiger charge is -2.15. The number of benzene rings is 3. The van der Waals surface area contributed by atoms with Crippen LogP contribution in [0.4, 0.5) is 5.69 Å². The summed E-state index contributed by atoms with van der Waals surface area (Å²) in [5.74, 6) is 0.636. The van der Waals surface area contributed by atoms with E-state index in [-0.39, 0.29) is 11.2 Å². The van der Waals surface area contributed by atoms with Crippen molar-refractivity contribution in [2.45, 2.75) is 24.3 Å². The average Bonchev–Trinajstić information content (AvgIpc) is 3.19. The molecule has 0 saturated carbocycles. The fraction of sp³-hybridized carbons (Fsp3) is 0.125. The van der Waals surface area contributed by atoms with Crippen LogP contribution in [-0.2, 0) is 4.79 Å². The van der Waals surface area contributed by atoms with Gasteiger partial charge in [-0.05, 0) is 43.7 Å². The maximum absolute atomic E-state index is 12.9. The van der Waals surface area contributed by atoms with Crippen LogP contribution in [0.15, 0.2) is 88.5 Å². The number of carbonyl (C=O) groups is 1. The van der Waals surface area contributed by atoms with E-state index in [2.05, 4.69) is 31.4 Å². The fourth-order valence-electron chi connectivity index (χ4n) is 3.13. The molecule has 4 aromatic rings. The Kier molecular flexibility index (Phi) is 6.53. The number of hydrogen-bond donors (Lipinski definition) is 1. The molecule has 5 nitrogen and oxygen atoms in total. The van der Waals surface area contributed by atoms with Crippen LogP contribution in [0.1, 0.15) is 12.5 Å². The van der Waals surface area contributed by atoms with E-state index in [9.17, 15) is 4.79 Å². The van der Waals surface area contributed by atoms with Crippen molar-refractivity contribution in [3.63, 3.8) is 0 Å². The zero-order valence-electron chi connectivity index (χ0n) is 17.1. The third kappa shape index (κ3) is 4.73. The van der Waals surface area contributed by atoms with Gasteiger partial charge in [-0.15, -0.1) is 10.2 Å². The number of rotatable bonds is 6. The van der Waals surface area contributed by atoms with Crippen LogP contribution in [-0.4, -0.2) is 25.9 Å². The number of nitrogens with zero attached hydrogens (tertiary/aromatic N) is 3. The summed E-state index contributed by atoms with van der Waals surface area (Å²) in [6.45, 7) is 3.85. The van der Waals surface area contributed by atoms with E-state index in [0.29, 0.717) is 11.0 Å². The standard InChI is InChI=1S/C24H21BrN4OS/c1-16-10-6-9-15-21(16)26-23(30)17(2)31-24-28-27-22(19-13-7-8-14-20(19)25)29(24)18-11-4-3-5-12-18/h3-15,17H,1-2H3,(H,26,30)/t17-/m1/s1. The Balaban J connectivity index is 1.66. The highest BCUT2D eigenvalue weighted by Crippen LogP contribution is 2.33. The number of anilines is 1. The van der Waals surface area contributed by atoms with Crippen molar-refractivity contribution in [1.29, 1.82) is 0 Å². The Labute approximate surface area is 194 Å². The number of amides is 1. The second kappa shape index (κ2) is 9.49. The van der Waals surface area contributed by atoms with Crippen LogP contribution in [0.25, 0.3) is 17.1 Å². The minimum Gasteiger partial charge on any atom is -0.325 e. The summed E-state index contributed by atoms with van der Waals surface area (Å²) in [6.07, 6.45) is 0. The molecular formula is C24H21BrN4OS. The van der Waals surface area contributed by atoms with Crippen molar-refractivity contribution >= 4 is 39.3 Å². The molecule has 31 heavy (non-hydrogen) atoms. The SMILES string of the molecule is Cc1ccccc1NC(=O)[C@@H](C)Sc1nnc(-c2ccccc2Br)n1-c1ccccc1. The molecule has 0 saturated heterocycles. The maximum atomic E-state index is 12.9. The van der Waals surface area contributed by atoms with Crippen LogP contribution >= 0.6 is 27.7 Å². The quantitative estimate of drug-likeness (QED) is 0.329. The number of thioether (sulfide) groups is 1. The molecule has 3 aromatic carbocycles. The predicted molar refractivity (Wildman–Crippen MR) is 130 cm³/mol. The lowest BCUT2D eigenvalue weighted by atomic mass is 10.2. The summed E-state index contributed by atoms with van der Waals surface area (Å²) in [4.78, 5) is 12.9. The van der Waals surface area contributed by atoms with Crippen LogP contribution in [0.5, 0.6) is 0 Å². The molecule has 1 amide bonds. The molecule has 1 heterocycles. The molecule has 0 radical (unpaired) electrons. The van der Waals surface area contributed by atoms with Gasteiger partial charge in [0.2, 0.25) is 5.91 Å².